The molecule has 0 saturated carbocycles. The standard InChI is InChI=1S/C21H27F3N2O4/c22-21(23,24)14-29-17-2-1-3-18-19(17)20(25-30-18)28-13-16-4-8-26(9-5-16)12-15-6-10-27-11-7-15/h1-3,15-16H,4-14H2. The van der Waals surface area contributed by atoms with Crippen LogP contribution in [0.15, 0.2) is 22.7 Å². The largest absolute Gasteiger partial charge is 0.483 e. The van der Waals surface area contributed by atoms with Crippen LogP contribution in [0.1, 0.15) is 25.7 Å². The smallest absolute Gasteiger partial charge is 0.422 e. The van der Waals surface area contributed by atoms with Crippen LogP contribution >= 0.6 is 0 Å². The molecule has 2 aliphatic heterocycles. The molecule has 0 aliphatic carbocycles. The van der Waals surface area contributed by atoms with Crippen molar-refractivity contribution in [1.82, 2.24) is 10.1 Å². The molecule has 1 aromatic carbocycles. The van der Waals surface area contributed by atoms with E-state index in [1.165, 1.54) is 6.07 Å². The second kappa shape index (κ2) is 9.43. The van der Waals surface area contributed by atoms with Crippen molar-refractivity contribution in [2.24, 2.45) is 11.8 Å². The van der Waals surface area contributed by atoms with Crippen LogP contribution < -0.4 is 9.47 Å². The summed E-state index contributed by atoms with van der Waals surface area (Å²) in [5, 5.41) is 4.24. The van der Waals surface area contributed by atoms with Crippen molar-refractivity contribution in [2.75, 3.05) is 46.1 Å². The van der Waals surface area contributed by atoms with Gasteiger partial charge in [0.25, 0.3) is 5.88 Å². The van der Waals surface area contributed by atoms with E-state index in [1.807, 2.05) is 0 Å². The van der Waals surface area contributed by atoms with Crippen LogP contribution in [0.2, 0.25) is 0 Å². The Bertz CT molecular complexity index is 812. The fourth-order valence-electron chi connectivity index (χ4n) is 4.14. The zero-order valence-corrected chi connectivity index (χ0v) is 16.8. The maximum Gasteiger partial charge on any atom is 0.422 e. The van der Waals surface area contributed by atoms with E-state index in [4.69, 9.17) is 18.7 Å². The number of likely N-dealkylation sites (tertiary alicyclic amines) is 1. The van der Waals surface area contributed by atoms with Crippen molar-refractivity contribution in [2.45, 2.75) is 31.9 Å². The number of halogens is 3. The van der Waals surface area contributed by atoms with Crippen LogP contribution in [0.5, 0.6) is 11.6 Å². The van der Waals surface area contributed by atoms with E-state index in [0.29, 0.717) is 23.5 Å². The SMILES string of the molecule is FC(F)(F)COc1cccc2onc(OCC3CCN(CC4CCOCC4)CC3)c12. The van der Waals surface area contributed by atoms with Gasteiger partial charge in [0, 0.05) is 19.8 Å². The molecule has 2 aromatic rings. The number of ether oxygens (including phenoxy) is 3. The second-order valence-electron chi connectivity index (χ2n) is 8.13. The quantitative estimate of drug-likeness (QED) is 0.656. The Labute approximate surface area is 173 Å². The lowest BCUT2D eigenvalue weighted by atomic mass is 9.94. The number of piperidine rings is 1. The van der Waals surface area contributed by atoms with Gasteiger partial charge in [-0.25, -0.2) is 0 Å². The van der Waals surface area contributed by atoms with Crippen LogP contribution in [-0.2, 0) is 4.74 Å². The number of benzene rings is 1. The molecule has 0 radical (unpaired) electrons. The Morgan fingerprint density at radius 1 is 1.03 bits per heavy atom. The van der Waals surface area contributed by atoms with Crippen molar-refractivity contribution in [3.8, 4) is 11.6 Å². The summed E-state index contributed by atoms with van der Waals surface area (Å²) in [4.78, 5) is 2.51. The lowest BCUT2D eigenvalue weighted by molar-refractivity contribution is -0.153. The number of aromatic nitrogens is 1. The Morgan fingerprint density at radius 3 is 2.53 bits per heavy atom. The predicted octanol–water partition coefficient (Wildman–Crippen LogP) is 4.29. The van der Waals surface area contributed by atoms with Gasteiger partial charge in [-0.2, -0.15) is 13.2 Å². The highest BCUT2D eigenvalue weighted by Gasteiger charge is 2.29. The number of fused-ring (bicyclic) bond motifs is 1. The summed E-state index contributed by atoms with van der Waals surface area (Å²) < 4.78 is 59.0. The minimum absolute atomic E-state index is 0.0624. The lowest BCUT2D eigenvalue weighted by Crippen LogP contribution is -2.39. The molecule has 2 saturated heterocycles. The monoisotopic (exact) mass is 428 g/mol. The van der Waals surface area contributed by atoms with E-state index < -0.39 is 12.8 Å². The molecule has 0 bridgehead atoms. The van der Waals surface area contributed by atoms with Crippen LogP contribution in [-0.4, -0.2) is 62.3 Å². The Balaban J connectivity index is 1.30. The van der Waals surface area contributed by atoms with Crippen LogP contribution in [0, 0.1) is 11.8 Å². The zero-order valence-electron chi connectivity index (χ0n) is 16.8. The average molecular weight is 428 g/mol. The first-order valence-electron chi connectivity index (χ1n) is 10.5. The Kier molecular flexibility index (Phi) is 6.67. The molecule has 1 aromatic heterocycles. The number of hydrogen-bond acceptors (Lipinski definition) is 6. The first-order valence-corrected chi connectivity index (χ1v) is 10.5. The highest BCUT2D eigenvalue weighted by atomic mass is 19.4. The number of rotatable bonds is 7. The minimum atomic E-state index is -4.42. The van der Waals surface area contributed by atoms with E-state index in [9.17, 15) is 13.2 Å². The van der Waals surface area contributed by atoms with Gasteiger partial charge in [-0.05, 0) is 67.9 Å². The van der Waals surface area contributed by atoms with Gasteiger partial charge >= 0.3 is 6.18 Å². The van der Waals surface area contributed by atoms with Crippen LogP contribution in [0.3, 0.4) is 0 Å². The third-order valence-electron chi connectivity index (χ3n) is 5.84. The average Bonchev–Trinajstić information content (AvgIpc) is 3.16. The Hall–Kier alpha value is -2.00. The van der Waals surface area contributed by atoms with Crippen molar-refractivity contribution in [1.29, 1.82) is 0 Å². The predicted molar refractivity (Wildman–Crippen MR) is 104 cm³/mol. The van der Waals surface area contributed by atoms with Gasteiger partial charge in [0.05, 0.1) is 6.61 Å². The molecule has 0 atom stereocenters. The third kappa shape index (κ3) is 5.57. The van der Waals surface area contributed by atoms with E-state index in [0.717, 1.165) is 64.4 Å². The Morgan fingerprint density at radius 2 is 1.80 bits per heavy atom. The van der Waals surface area contributed by atoms with Gasteiger partial charge < -0.3 is 23.6 Å². The number of nitrogens with zero attached hydrogens (tertiary/aromatic N) is 2. The highest BCUT2D eigenvalue weighted by molar-refractivity contribution is 5.88. The van der Waals surface area contributed by atoms with Crippen molar-refractivity contribution >= 4 is 11.0 Å². The van der Waals surface area contributed by atoms with Gasteiger partial charge in [-0.1, -0.05) is 6.07 Å². The second-order valence-corrected chi connectivity index (χ2v) is 8.13. The first-order chi connectivity index (χ1) is 14.5. The normalized spacial score (nSPS) is 20.0. The molecule has 166 valence electrons. The van der Waals surface area contributed by atoms with Crippen molar-refractivity contribution in [3.63, 3.8) is 0 Å². The fraction of sp³-hybridized carbons (Fsp3) is 0.667. The molecular formula is C21H27F3N2O4. The summed E-state index contributed by atoms with van der Waals surface area (Å²) in [5.41, 5.74) is 0.343. The van der Waals surface area contributed by atoms with Crippen LogP contribution in [0.4, 0.5) is 13.2 Å². The lowest BCUT2D eigenvalue weighted by Gasteiger charge is -2.35. The van der Waals surface area contributed by atoms with Crippen molar-refractivity contribution < 1.29 is 31.9 Å². The summed E-state index contributed by atoms with van der Waals surface area (Å²) in [5.74, 6) is 1.36. The zero-order chi connectivity index (χ0) is 21.0. The molecule has 0 N–H and O–H groups in total. The highest BCUT2D eigenvalue weighted by Crippen LogP contribution is 2.35. The van der Waals surface area contributed by atoms with Gasteiger partial charge in [0.2, 0.25) is 0 Å². The molecule has 0 unspecified atom stereocenters. The molecular weight excluding hydrogens is 401 g/mol. The maximum absolute atomic E-state index is 12.5. The summed E-state index contributed by atoms with van der Waals surface area (Å²) in [6.45, 7) is 4.02. The topological polar surface area (TPSA) is 57.0 Å². The molecule has 2 fully saturated rings. The molecule has 4 rings (SSSR count). The van der Waals surface area contributed by atoms with E-state index in [1.54, 1.807) is 12.1 Å². The van der Waals surface area contributed by atoms with Gasteiger partial charge in [0.15, 0.2) is 12.2 Å². The summed E-state index contributed by atoms with van der Waals surface area (Å²) in [6.07, 6.45) is -0.0894. The van der Waals surface area contributed by atoms with Gasteiger partial charge in [-0.15, -0.1) is 0 Å². The van der Waals surface area contributed by atoms with Crippen LogP contribution in [0.25, 0.3) is 11.0 Å². The fourth-order valence-corrected chi connectivity index (χ4v) is 4.14. The molecule has 6 nitrogen and oxygen atoms in total. The minimum Gasteiger partial charge on any atom is -0.483 e. The molecule has 0 spiro atoms. The molecule has 30 heavy (non-hydrogen) atoms. The summed E-state index contributed by atoms with van der Waals surface area (Å²) >= 11 is 0. The molecule has 2 aliphatic rings. The van der Waals surface area contributed by atoms with E-state index in [2.05, 4.69) is 10.1 Å². The maximum atomic E-state index is 12.5. The molecule has 3 heterocycles. The van der Waals surface area contributed by atoms with E-state index >= 15 is 0 Å². The summed E-state index contributed by atoms with van der Waals surface area (Å²) in [7, 11) is 0. The molecule has 9 heteroatoms. The first kappa shape index (κ1) is 21.2. The summed E-state index contributed by atoms with van der Waals surface area (Å²) in [6, 6.07) is 4.66. The van der Waals surface area contributed by atoms with E-state index in [-0.39, 0.29) is 11.6 Å². The molecule has 0 amide bonds. The van der Waals surface area contributed by atoms with Crippen molar-refractivity contribution in [3.05, 3.63) is 18.2 Å². The number of alkyl halides is 3. The van der Waals surface area contributed by atoms with Gasteiger partial charge in [-0.3, -0.25) is 0 Å². The number of hydrogen-bond donors (Lipinski definition) is 0. The van der Waals surface area contributed by atoms with Gasteiger partial charge in [0.1, 0.15) is 11.1 Å². The third-order valence-corrected chi connectivity index (χ3v) is 5.84.